The molecule has 0 aromatic heterocycles. The first-order valence-electron chi connectivity index (χ1n) is 6.63. The highest BCUT2D eigenvalue weighted by atomic mass is 16.4. The average molecular weight is 278 g/mol. The van der Waals surface area contributed by atoms with Gasteiger partial charge in [-0.3, -0.25) is 0 Å². The van der Waals surface area contributed by atoms with Crippen LogP contribution in [0.15, 0.2) is 54.6 Å². The van der Waals surface area contributed by atoms with Crippen molar-refractivity contribution in [3.8, 4) is 16.9 Å². The second-order valence-corrected chi connectivity index (χ2v) is 5.01. The van der Waals surface area contributed by atoms with Gasteiger partial charge in [0.05, 0.1) is 0 Å². The van der Waals surface area contributed by atoms with Crippen molar-refractivity contribution in [3.63, 3.8) is 0 Å². The molecule has 0 unspecified atom stereocenters. The van der Waals surface area contributed by atoms with E-state index in [0.29, 0.717) is 0 Å². The zero-order valence-electron chi connectivity index (χ0n) is 11.5. The number of rotatable bonds is 2. The zero-order valence-corrected chi connectivity index (χ0v) is 11.5. The third kappa shape index (κ3) is 2.23. The van der Waals surface area contributed by atoms with Gasteiger partial charge >= 0.3 is 5.97 Å². The number of carboxylic acid groups (broad SMARTS) is 1. The van der Waals surface area contributed by atoms with Crippen molar-refractivity contribution in [1.29, 1.82) is 0 Å². The van der Waals surface area contributed by atoms with Gasteiger partial charge in [0.2, 0.25) is 0 Å². The molecule has 0 amide bonds. The monoisotopic (exact) mass is 278 g/mol. The Morgan fingerprint density at radius 3 is 2.33 bits per heavy atom. The smallest absolute Gasteiger partial charge is 0.339 e. The molecule has 0 aliphatic rings. The van der Waals surface area contributed by atoms with Gasteiger partial charge in [-0.25, -0.2) is 4.79 Å². The fourth-order valence-corrected chi connectivity index (χ4v) is 2.58. The second kappa shape index (κ2) is 4.94. The van der Waals surface area contributed by atoms with Crippen LogP contribution in [0.3, 0.4) is 0 Å². The van der Waals surface area contributed by atoms with Crippen molar-refractivity contribution in [2.75, 3.05) is 0 Å². The van der Waals surface area contributed by atoms with E-state index in [0.717, 1.165) is 21.9 Å². The van der Waals surface area contributed by atoms with Gasteiger partial charge < -0.3 is 10.2 Å². The van der Waals surface area contributed by atoms with Crippen LogP contribution in [0.4, 0.5) is 0 Å². The van der Waals surface area contributed by atoms with Crippen LogP contribution < -0.4 is 0 Å². The van der Waals surface area contributed by atoms with Crippen molar-refractivity contribution in [2.45, 2.75) is 6.92 Å². The molecule has 0 atom stereocenters. The number of hydrogen-bond donors (Lipinski definition) is 2. The van der Waals surface area contributed by atoms with Crippen LogP contribution in [-0.4, -0.2) is 16.2 Å². The number of benzene rings is 3. The number of phenols is 1. The molecule has 0 saturated heterocycles. The Labute approximate surface area is 122 Å². The van der Waals surface area contributed by atoms with E-state index in [-0.39, 0.29) is 11.3 Å². The van der Waals surface area contributed by atoms with Gasteiger partial charge in [-0.15, -0.1) is 0 Å². The lowest BCUT2D eigenvalue weighted by atomic mass is 9.95. The van der Waals surface area contributed by atoms with Crippen molar-refractivity contribution in [1.82, 2.24) is 0 Å². The van der Waals surface area contributed by atoms with Gasteiger partial charge in [0.15, 0.2) is 0 Å². The average Bonchev–Trinajstić information content (AvgIpc) is 2.47. The van der Waals surface area contributed by atoms with Crippen LogP contribution in [0, 0.1) is 6.92 Å². The van der Waals surface area contributed by atoms with Crippen molar-refractivity contribution in [3.05, 3.63) is 65.7 Å². The maximum Gasteiger partial charge on any atom is 0.339 e. The molecular weight excluding hydrogens is 264 g/mol. The summed E-state index contributed by atoms with van der Waals surface area (Å²) in [7, 11) is 0. The molecule has 2 N–H and O–H groups in total. The topological polar surface area (TPSA) is 57.5 Å². The summed E-state index contributed by atoms with van der Waals surface area (Å²) in [6.07, 6.45) is 0. The molecule has 3 rings (SSSR count). The molecule has 0 saturated carbocycles. The lowest BCUT2D eigenvalue weighted by Crippen LogP contribution is -1.96. The van der Waals surface area contributed by atoms with E-state index in [9.17, 15) is 9.90 Å². The third-order valence-electron chi connectivity index (χ3n) is 3.68. The number of fused-ring (bicyclic) bond motifs is 1. The number of carboxylic acids is 1. The predicted octanol–water partition coefficient (Wildman–Crippen LogP) is 4.22. The summed E-state index contributed by atoms with van der Waals surface area (Å²) in [4.78, 5) is 11.0. The highest BCUT2D eigenvalue weighted by molar-refractivity contribution is 5.99. The Hall–Kier alpha value is -2.81. The summed E-state index contributed by atoms with van der Waals surface area (Å²) in [6, 6.07) is 16.7. The minimum atomic E-state index is -1.13. The number of hydrogen-bond acceptors (Lipinski definition) is 2. The number of aromatic carboxylic acids is 1. The molecule has 0 fully saturated rings. The number of aryl methyl sites for hydroxylation is 1. The maximum absolute atomic E-state index is 11.0. The lowest BCUT2D eigenvalue weighted by Gasteiger charge is -2.10. The summed E-state index contributed by atoms with van der Waals surface area (Å²) in [5.74, 6) is -1.35. The van der Waals surface area contributed by atoms with Crippen LogP contribution in [0.1, 0.15) is 15.9 Å². The van der Waals surface area contributed by atoms with E-state index in [1.54, 1.807) is 6.07 Å². The van der Waals surface area contributed by atoms with Crippen LogP contribution in [0.25, 0.3) is 21.9 Å². The van der Waals surface area contributed by atoms with Gasteiger partial charge in [-0.05, 0) is 46.5 Å². The molecule has 3 heteroatoms. The predicted molar refractivity (Wildman–Crippen MR) is 82.7 cm³/mol. The molecule has 0 aliphatic heterocycles. The minimum Gasteiger partial charge on any atom is -0.507 e. The first-order chi connectivity index (χ1) is 10.1. The summed E-state index contributed by atoms with van der Waals surface area (Å²) >= 11 is 0. The Kier molecular flexibility index (Phi) is 3.10. The van der Waals surface area contributed by atoms with Crippen molar-refractivity contribution in [2.24, 2.45) is 0 Å². The Bertz CT molecular complexity index is 850. The second-order valence-electron chi connectivity index (χ2n) is 5.01. The number of aromatic hydroxyl groups is 1. The highest BCUT2D eigenvalue weighted by Crippen LogP contribution is 2.33. The molecule has 0 spiro atoms. The Balaban J connectivity index is 2.24. The van der Waals surface area contributed by atoms with Crippen LogP contribution in [0.2, 0.25) is 0 Å². The molecule has 104 valence electrons. The van der Waals surface area contributed by atoms with Gasteiger partial charge in [0, 0.05) is 0 Å². The standard InChI is InChI=1S/C18H14O3/c1-11-6-8-14(15-5-3-2-4-13(11)15)12-7-9-16(18(20)21)17(19)10-12/h2-10,19H,1H3,(H,20,21). The maximum atomic E-state index is 11.0. The summed E-state index contributed by atoms with van der Waals surface area (Å²) in [5, 5.41) is 21.1. The van der Waals surface area contributed by atoms with Crippen LogP contribution in [0.5, 0.6) is 5.75 Å². The molecule has 0 heterocycles. The van der Waals surface area contributed by atoms with E-state index in [1.165, 1.54) is 17.7 Å². The minimum absolute atomic E-state index is 0.0878. The fourth-order valence-electron chi connectivity index (χ4n) is 2.58. The molecule has 0 aliphatic carbocycles. The molecule has 0 bridgehead atoms. The van der Waals surface area contributed by atoms with Gasteiger partial charge in [-0.2, -0.15) is 0 Å². The van der Waals surface area contributed by atoms with Gasteiger partial charge in [-0.1, -0.05) is 42.5 Å². The first kappa shape index (κ1) is 13.2. The van der Waals surface area contributed by atoms with E-state index in [2.05, 4.69) is 13.0 Å². The van der Waals surface area contributed by atoms with Gasteiger partial charge in [0.1, 0.15) is 11.3 Å². The SMILES string of the molecule is Cc1ccc(-c2ccc(C(=O)O)c(O)c2)c2ccccc12. The fraction of sp³-hybridized carbons (Fsp3) is 0.0556. The van der Waals surface area contributed by atoms with E-state index < -0.39 is 5.97 Å². The Morgan fingerprint density at radius 1 is 0.952 bits per heavy atom. The zero-order chi connectivity index (χ0) is 15.0. The van der Waals surface area contributed by atoms with Crippen molar-refractivity contribution < 1.29 is 15.0 Å². The van der Waals surface area contributed by atoms with Crippen LogP contribution >= 0.6 is 0 Å². The number of carbonyl (C=O) groups is 1. The third-order valence-corrected chi connectivity index (χ3v) is 3.68. The van der Waals surface area contributed by atoms with Crippen LogP contribution in [-0.2, 0) is 0 Å². The van der Waals surface area contributed by atoms with E-state index >= 15 is 0 Å². The molecule has 0 radical (unpaired) electrons. The lowest BCUT2D eigenvalue weighted by molar-refractivity contribution is 0.0694. The quantitative estimate of drug-likeness (QED) is 0.738. The van der Waals surface area contributed by atoms with Crippen molar-refractivity contribution >= 4 is 16.7 Å². The van der Waals surface area contributed by atoms with E-state index in [1.807, 2.05) is 30.3 Å². The largest absolute Gasteiger partial charge is 0.507 e. The van der Waals surface area contributed by atoms with Gasteiger partial charge in [0.25, 0.3) is 0 Å². The first-order valence-corrected chi connectivity index (χ1v) is 6.63. The molecule has 21 heavy (non-hydrogen) atoms. The summed E-state index contributed by atoms with van der Waals surface area (Å²) in [5.41, 5.74) is 2.87. The normalized spacial score (nSPS) is 10.7. The summed E-state index contributed by atoms with van der Waals surface area (Å²) < 4.78 is 0. The highest BCUT2D eigenvalue weighted by Gasteiger charge is 2.12. The molecule has 3 nitrogen and oxygen atoms in total. The summed E-state index contributed by atoms with van der Waals surface area (Å²) in [6.45, 7) is 2.05. The molecule has 3 aromatic rings. The van der Waals surface area contributed by atoms with E-state index in [4.69, 9.17) is 5.11 Å². The molecule has 3 aromatic carbocycles. The molecular formula is C18H14O3. The Morgan fingerprint density at radius 2 is 1.67 bits per heavy atom.